The van der Waals surface area contributed by atoms with E-state index in [2.05, 4.69) is 0 Å². The van der Waals surface area contributed by atoms with Gasteiger partial charge in [0.25, 0.3) is 0 Å². The van der Waals surface area contributed by atoms with E-state index in [9.17, 15) is 27.9 Å². The van der Waals surface area contributed by atoms with Gasteiger partial charge in [-0.1, -0.05) is 18.2 Å². The van der Waals surface area contributed by atoms with E-state index in [0.29, 0.717) is 0 Å². The summed E-state index contributed by atoms with van der Waals surface area (Å²) in [5.41, 5.74) is 0. The molecule has 0 spiro atoms. The lowest BCUT2D eigenvalue weighted by Gasteiger charge is -2.40. The van der Waals surface area contributed by atoms with Crippen LogP contribution in [0.2, 0.25) is 0 Å². The molecule has 1 aromatic rings. The molecule has 0 saturated carbocycles. The van der Waals surface area contributed by atoms with Gasteiger partial charge in [-0.25, -0.2) is 13.2 Å². The fourth-order valence-corrected chi connectivity index (χ4v) is 6.01. The number of sulfone groups is 1. The van der Waals surface area contributed by atoms with Crippen LogP contribution in [0.1, 0.15) is 34.1 Å². The zero-order valence-corrected chi connectivity index (χ0v) is 20.2. The number of amides is 3. The Morgan fingerprint density at radius 3 is 2.38 bits per heavy atom. The molecule has 34 heavy (non-hydrogen) atoms. The number of aliphatic carboxylic acids is 1. The minimum Gasteiger partial charge on any atom is -0.481 e. The molecule has 2 heterocycles. The summed E-state index contributed by atoms with van der Waals surface area (Å²) < 4.78 is 44.7. The van der Waals surface area contributed by atoms with Crippen LogP contribution in [0, 0.1) is 5.92 Å². The van der Waals surface area contributed by atoms with Crippen molar-refractivity contribution in [2.45, 2.75) is 75.0 Å². The Bertz CT molecular complexity index is 1010. The van der Waals surface area contributed by atoms with Crippen LogP contribution in [0.3, 0.4) is 0 Å². The number of carboxylic acids is 1. The van der Waals surface area contributed by atoms with E-state index < -0.39 is 57.5 Å². The lowest BCUT2D eigenvalue weighted by molar-refractivity contribution is -0.152. The number of benzene rings is 1. The minimum atomic E-state index is -4.48. The minimum absolute atomic E-state index is 0.0685. The van der Waals surface area contributed by atoms with Crippen LogP contribution < -0.4 is 5.32 Å². The summed E-state index contributed by atoms with van der Waals surface area (Å²) >= 11 is 0. The molecule has 1 aromatic carbocycles. The van der Waals surface area contributed by atoms with Crippen LogP contribution in [0.15, 0.2) is 35.2 Å². The second-order valence-electron chi connectivity index (χ2n) is 8.74. The van der Waals surface area contributed by atoms with Crippen molar-refractivity contribution in [2.75, 3.05) is 6.61 Å². The van der Waals surface area contributed by atoms with Gasteiger partial charge in [0.1, 0.15) is 12.3 Å². The molecule has 188 valence electrons. The third-order valence-corrected chi connectivity index (χ3v) is 7.56. The Labute approximate surface area is 198 Å². The Kier molecular flexibility index (Phi) is 7.96. The molecule has 0 aliphatic carbocycles. The number of urea groups is 1. The van der Waals surface area contributed by atoms with Crippen molar-refractivity contribution in [3.8, 4) is 0 Å². The average Bonchev–Trinajstić information content (AvgIpc) is 3.13. The Hall–Kier alpha value is -2.54. The second kappa shape index (κ2) is 10.4. The van der Waals surface area contributed by atoms with Gasteiger partial charge >= 0.3 is 12.0 Å². The SMILES string of the molecule is CC(C)OC[C@H]1O[C@@H](N2C(=O)NC(=O)C(C(=O)O)C2S(=O)(=O)c2ccccc2)CC1OC(C)C. The van der Waals surface area contributed by atoms with E-state index in [4.69, 9.17) is 14.2 Å². The number of carboxylic acid groups (broad SMARTS) is 1. The summed E-state index contributed by atoms with van der Waals surface area (Å²) in [5, 5.41) is 9.71. The monoisotopic (exact) mass is 498 g/mol. The maximum atomic E-state index is 13.6. The van der Waals surface area contributed by atoms with Gasteiger partial charge in [0.05, 0.1) is 29.8 Å². The zero-order valence-electron chi connectivity index (χ0n) is 19.4. The fourth-order valence-electron chi connectivity index (χ4n) is 4.06. The highest BCUT2D eigenvalue weighted by molar-refractivity contribution is 7.92. The van der Waals surface area contributed by atoms with Gasteiger partial charge in [0.15, 0.2) is 11.3 Å². The van der Waals surface area contributed by atoms with Gasteiger partial charge < -0.3 is 19.3 Å². The van der Waals surface area contributed by atoms with Crippen molar-refractivity contribution < 1.29 is 42.1 Å². The van der Waals surface area contributed by atoms with E-state index in [0.717, 1.165) is 4.90 Å². The molecule has 2 saturated heterocycles. The van der Waals surface area contributed by atoms with Gasteiger partial charge in [-0.3, -0.25) is 19.8 Å². The molecule has 12 heteroatoms. The van der Waals surface area contributed by atoms with Crippen LogP contribution in [0.5, 0.6) is 0 Å². The average molecular weight is 499 g/mol. The summed E-state index contributed by atoms with van der Waals surface area (Å²) in [5.74, 6) is -4.93. The molecule has 11 nitrogen and oxygen atoms in total. The van der Waals surface area contributed by atoms with Crippen molar-refractivity contribution in [3.63, 3.8) is 0 Å². The first-order valence-electron chi connectivity index (χ1n) is 11.0. The third kappa shape index (κ3) is 5.40. The topological polar surface area (TPSA) is 149 Å². The first-order chi connectivity index (χ1) is 15.9. The highest BCUT2D eigenvalue weighted by Gasteiger charge is 2.57. The van der Waals surface area contributed by atoms with Crippen molar-refractivity contribution in [3.05, 3.63) is 30.3 Å². The molecule has 2 N–H and O–H groups in total. The van der Waals surface area contributed by atoms with Crippen LogP contribution in [-0.4, -0.2) is 79.0 Å². The highest BCUT2D eigenvalue weighted by atomic mass is 32.2. The van der Waals surface area contributed by atoms with Crippen LogP contribution >= 0.6 is 0 Å². The summed E-state index contributed by atoms with van der Waals surface area (Å²) in [6.07, 6.45) is -2.58. The van der Waals surface area contributed by atoms with Crippen molar-refractivity contribution in [1.82, 2.24) is 10.2 Å². The molecule has 2 aliphatic rings. The largest absolute Gasteiger partial charge is 0.481 e. The summed E-state index contributed by atoms with van der Waals surface area (Å²) in [7, 11) is -4.48. The number of nitrogens with zero attached hydrogens (tertiary/aromatic N) is 1. The smallest absolute Gasteiger partial charge is 0.327 e. The lowest BCUT2D eigenvalue weighted by atomic mass is 10.1. The Morgan fingerprint density at radius 1 is 1.18 bits per heavy atom. The van der Waals surface area contributed by atoms with Gasteiger partial charge in [0.2, 0.25) is 15.7 Å². The van der Waals surface area contributed by atoms with Gasteiger partial charge in [-0.15, -0.1) is 0 Å². The second-order valence-corrected chi connectivity index (χ2v) is 10.8. The summed E-state index contributed by atoms with van der Waals surface area (Å²) in [6, 6.07) is 6.04. The fraction of sp³-hybridized carbons (Fsp3) is 0.591. The maximum Gasteiger partial charge on any atom is 0.327 e. The number of hydrogen-bond donors (Lipinski definition) is 2. The summed E-state index contributed by atoms with van der Waals surface area (Å²) in [4.78, 5) is 38.0. The Balaban J connectivity index is 2.03. The number of carbonyl (C=O) groups is 3. The van der Waals surface area contributed by atoms with Crippen molar-refractivity contribution in [2.24, 2.45) is 5.92 Å². The van der Waals surface area contributed by atoms with E-state index >= 15 is 0 Å². The highest BCUT2D eigenvalue weighted by Crippen LogP contribution is 2.35. The first kappa shape index (κ1) is 26.1. The molecular formula is C22H30N2O9S. The molecule has 2 aliphatic heterocycles. The first-order valence-corrected chi connectivity index (χ1v) is 12.6. The number of nitrogens with one attached hydrogen (secondary N) is 1. The van der Waals surface area contributed by atoms with Crippen molar-refractivity contribution in [1.29, 1.82) is 0 Å². The number of hydrogen-bond acceptors (Lipinski definition) is 8. The number of imide groups is 1. The van der Waals surface area contributed by atoms with Gasteiger partial charge in [-0.05, 0) is 39.8 Å². The summed E-state index contributed by atoms with van der Waals surface area (Å²) in [6.45, 7) is 7.45. The molecule has 3 rings (SSSR count). The molecular weight excluding hydrogens is 468 g/mol. The molecule has 2 fully saturated rings. The molecule has 0 radical (unpaired) electrons. The van der Waals surface area contributed by atoms with Crippen LogP contribution in [0.4, 0.5) is 4.79 Å². The third-order valence-electron chi connectivity index (χ3n) is 5.49. The lowest BCUT2D eigenvalue weighted by Crippen LogP contribution is -2.66. The van der Waals surface area contributed by atoms with Gasteiger partial charge in [-0.2, -0.15) is 0 Å². The van der Waals surface area contributed by atoms with Crippen LogP contribution in [-0.2, 0) is 33.6 Å². The number of carbonyl (C=O) groups excluding carboxylic acids is 2. The molecule has 0 aromatic heterocycles. The maximum absolute atomic E-state index is 13.6. The zero-order chi connectivity index (χ0) is 25.2. The quantitative estimate of drug-likeness (QED) is 0.482. The van der Waals surface area contributed by atoms with E-state index in [-0.39, 0.29) is 30.1 Å². The molecule has 3 unspecified atom stereocenters. The molecule has 0 bridgehead atoms. The van der Waals surface area contributed by atoms with E-state index in [1.165, 1.54) is 24.3 Å². The van der Waals surface area contributed by atoms with E-state index in [1.807, 2.05) is 33.0 Å². The van der Waals surface area contributed by atoms with Crippen LogP contribution in [0.25, 0.3) is 0 Å². The standard InChI is InChI=1S/C22H30N2O9S/c1-12(2)31-11-16-15(32-13(3)4)10-17(33-16)24-20(18(21(26)27)19(25)23-22(24)28)34(29,30)14-8-6-5-7-9-14/h5-9,12-13,15-18,20H,10-11H2,1-4H3,(H,26,27)(H,23,25,28)/t15?,16-,17-,18?,20?/m1/s1. The molecule has 5 atom stereocenters. The predicted molar refractivity (Wildman–Crippen MR) is 118 cm³/mol. The van der Waals surface area contributed by atoms with Crippen molar-refractivity contribution >= 4 is 27.7 Å². The Morgan fingerprint density at radius 2 is 1.82 bits per heavy atom. The van der Waals surface area contributed by atoms with E-state index in [1.54, 1.807) is 6.07 Å². The molecule has 3 amide bonds. The number of ether oxygens (including phenoxy) is 3. The normalized spacial score (nSPS) is 27.9. The van der Waals surface area contributed by atoms with Gasteiger partial charge in [0, 0.05) is 6.42 Å². The number of rotatable bonds is 9. The predicted octanol–water partition coefficient (Wildman–Crippen LogP) is 1.37.